The van der Waals surface area contributed by atoms with Gasteiger partial charge in [-0.25, -0.2) is 4.39 Å². The van der Waals surface area contributed by atoms with Crippen LogP contribution in [0.5, 0.6) is 0 Å². The molecule has 2 atom stereocenters. The van der Waals surface area contributed by atoms with Gasteiger partial charge in [0.15, 0.2) is 0 Å². The molecule has 1 heterocycles. The van der Waals surface area contributed by atoms with Gasteiger partial charge in [0, 0.05) is 25.6 Å². The number of benzene rings is 1. The van der Waals surface area contributed by atoms with Crippen LogP contribution in [-0.4, -0.2) is 31.1 Å². The Labute approximate surface area is 122 Å². The highest BCUT2D eigenvalue weighted by Crippen LogP contribution is 2.19. The summed E-state index contributed by atoms with van der Waals surface area (Å²) in [7, 11) is 0. The number of ether oxygens (including phenoxy) is 2. The summed E-state index contributed by atoms with van der Waals surface area (Å²) in [5.41, 5.74) is 0.427. The van der Waals surface area contributed by atoms with Crippen LogP contribution in [-0.2, 0) is 19.1 Å². The minimum atomic E-state index is -1.08. The van der Waals surface area contributed by atoms with Crippen LogP contribution in [0.3, 0.4) is 0 Å². The number of carbonyl (C=O) groups excluding carboxylic acids is 2. The van der Waals surface area contributed by atoms with Crippen molar-refractivity contribution < 1.29 is 23.5 Å². The molecule has 1 aliphatic heterocycles. The fourth-order valence-electron chi connectivity index (χ4n) is 2.19. The van der Waals surface area contributed by atoms with Crippen molar-refractivity contribution in [2.45, 2.75) is 32.0 Å². The maximum absolute atomic E-state index is 12.9. The summed E-state index contributed by atoms with van der Waals surface area (Å²) in [6.45, 7) is 2.30. The molecule has 1 amide bonds. The van der Waals surface area contributed by atoms with Crippen molar-refractivity contribution in [3.63, 3.8) is 0 Å². The monoisotopic (exact) mass is 295 g/mol. The Kier molecular flexibility index (Phi) is 5.27. The fraction of sp³-hybridized carbons (Fsp3) is 0.467. The number of hydrogen-bond acceptors (Lipinski definition) is 4. The quantitative estimate of drug-likeness (QED) is 0.840. The topological polar surface area (TPSA) is 64.6 Å². The predicted molar refractivity (Wildman–Crippen MR) is 72.9 cm³/mol. The summed E-state index contributed by atoms with van der Waals surface area (Å²) in [4.78, 5) is 23.3. The molecular weight excluding hydrogens is 277 g/mol. The molecule has 6 heteroatoms. The highest BCUT2D eigenvalue weighted by molar-refractivity contribution is 5.84. The fourth-order valence-corrected chi connectivity index (χ4v) is 2.19. The first-order chi connectivity index (χ1) is 10.1. The zero-order valence-corrected chi connectivity index (χ0v) is 11.8. The van der Waals surface area contributed by atoms with Crippen LogP contribution in [0.4, 0.5) is 4.39 Å². The van der Waals surface area contributed by atoms with Crippen molar-refractivity contribution in [2.75, 3.05) is 13.2 Å². The number of nitrogens with one attached hydrogen (secondary N) is 1. The molecule has 21 heavy (non-hydrogen) atoms. The third kappa shape index (κ3) is 4.53. The van der Waals surface area contributed by atoms with E-state index in [2.05, 4.69) is 5.32 Å². The number of rotatable bonds is 5. The molecule has 0 aromatic heterocycles. The summed E-state index contributed by atoms with van der Waals surface area (Å²) in [6, 6.07) is 5.29. The van der Waals surface area contributed by atoms with Crippen molar-refractivity contribution in [1.82, 2.24) is 5.32 Å². The summed E-state index contributed by atoms with van der Waals surface area (Å²) in [5.74, 6) is -1.43. The number of carbonyl (C=O) groups is 2. The lowest BCUT2D eigenvalue weighted by Crippen LogP contribution is -2.36. The van der Waals surface area contributed by atoms with Gasteiger partial charge in [0.25, 0.3) is 5.91 Å². The van der Waals surface area contributed by atoms with E-state index in [0.29, 0.717) is 18.7 Å². The Bertz CT molecular complexity index is 497. The first kappa shape index (κ1) is 15.4. The lowest BCUT2D eigenvalue weighted by Gasteiger charge is -2.18. The third-order valence-electron chi connectivity index (χ3n) is 3.22. The average molecular weight is 295 g/mol. The lowest BCUT2D eigenvalue weighted by molar-refractivity contribution is -0.154. The highest BCUT2D eigenvalue weighted by atomic mass is 19.1. The highest BCUT2D eigenvalue weighted by Gasteiger charge is 2.25. The van der Waals surface area contributed by atoms with Gasteiger partial charge < -0.3 is 14.8 Å². The van der Waals surface area contributed by atoms with Gasteiger partial charge in [-0.15, -0.1) is 0 Å². The van der Waals surface area contributed by atoms with Crippen LogP contribution in [0.2, 0.25) is 0 Å². The Morgan fingerprint density at radius 3 is 2.71 bits per heavy atom. The minimum Gasteiger partial charge on any atom is -0.447 e. The minimum absolute atomic E-state index is 0.000135. The van der Waals surface area contributed by atoms with E-state index < -0.39 is 23.8 Å². The van der Waals surface area contributed by atoms with Crippen LogP contribution in [0.15, 0.2) is 24.3 Å². The average Bonchev–Trinajstić information content (AvgIpc) is 2.96. The Morgan fingerprint density at radius 2 is 2.14 bits per heavy atom. The van der Waals surface area contributed by atoms with Gasteiger partial charge in [-0.2, -0.15) is 0 Å². The largest absolute Gasteiger partial charge is 0.447 e. The number of halogens is 1. The molecule has 1 aliphatic rings. The first-order valence-electron chi connectivity index (χ1n) is 6.88. The second-order valence-corrected chi connectivity index (χ2v) is 4.92. The first-order valence-corrected chi connectivity index (χ1v) is 6.88. The number of hydrogen-bond donors (Lipinski definition) is 1. The molecular formula is C15H18FNO4. The molecule has 1 saturated heterocycles. The van der Waals surface area contributed by atoms with Crippen LogP contribution in [0.25, 0.3) is 0 Å². The molecule has 0 aliphatic carbocycles. The zero-order chi connectivity index (χ0) is 15.2. The van der Waals surface area contributed by atoms with Gasteiger partial charge in [0.2, 0.25) is 6.10 Å². The van der Waals surface area contributed by atoms with E-state index in [4.69, 9.17) is 9.47 Å². The second kappa shape index (κ2) is 7.17. The molecule has 0 unspecified atom stereocenters. The molecule has 114 valence electrons. The van der Waals surface area contributed by atoms with Crippen molar-refractivity contribution >= 4 is 11.9 Å². The van der Waals surface area contributed by atoms with Crippen LogP contribution in [0.1, 0.15) is 31.4 Å². The van der Waals surface area contributed by atoms with Gasteiger partial charge in [0.1, 0.15) is 5.82 Å². The van der Waals surface area contributed by atoms with E-state index in [1.165, 1.54) is 31.2 Å². The van der Waals surface area contributed by atoms with Crippen molar-refractivity contribution in [2.24, 2.45) is 0 Å². The van der Waals surface area contributed by atoms with Gasteiger partial charge in [-0.1, -0.05) is 12.1 Å². The Balaban J connectivity index is 2.01. The van der Waals surface area contributed by atoms with Crippen LogP contribution < -0.4 is 5.32 Å². The lowest BCUT2D eigenvalue weighted by atomic mass is 10.1. The second-order valence-electron chi connectivity index (χ2n) is 4.92. The molecule has 1 N–H and O–H groups in total. The molecule has 0 spiro atoms. The van der Waals surface area contributed by atoms with E-state index in [1.807, 2.05) is 0 Å². The molecule has 0 bridgehead atoms. The molecule has 1 fully saturated rings. The summed E-state index contributed by atoms with van der Waals surface area (Å²) in [5, 5.41) is 2.71. The van der Waals surface area contributed by atoms with Crippen molar-refractivity contribution in [1.29, 1.82) is 0 Å². The number of amides is 1. The summed E-state index contributed by atoms with van der Waals surface area (Å²) >= 11 is 0. The van der Waals surface area contributed by atoms with Gasteiger partial charge in [-0.05, 0) is 25.0 Å². The predicted octanol–water partition coefficient (Wildman–Crippen LogP) is 1.73. The molecule has 2 rings (SSSR count). The summed E-state index contributed by atoms with van der Waals surface area (Å²) < 4.78 is 23.4. The smallest absolute Gasteiger partial charge is 0.303 e. The van der Waals surface area contributed by atoms with Crippen LogP contribution >= 0.6 is 0 Å². The normalized spacial score (nSPS) is 19.0. The molecule has 1 aromatic rings. The Hall–Kier alpha value is -1.95. The summed E-state index contributed by atoms with van der Waals surface area (Å²) in [6.07, 6.45) is 0.797. The maximum Gasteiger partial charge on any atom is 0.303 e. The molecule has 0 saturated carbocycles. The molecule has 1 aromatic carbocycles. The van der Waals surface area contributed by atoms with Crippen molar-refractivity contribution in [3.05, 3.63) is 35.6 Å². The van der Waals surface area contributed by atoms with Crippen molar-refractivity contribution in [3.8, 4) is 0 Å². The van der Waals surface area contributed by atoms with Crippen LogP contribution in [0, 0.1) is 5.82 Å². The third-order valence-corrected chi connectivity index (χ3v) is 3.22. The van der Waals surface area contributed by atoms with Gasteiger partial charge >= 0.3 is 5.97 Å². The maximum atomic E-state index is 12.9. The zero-order valence-electron chi connectivity index (χ0n) is 11.8. The molecule has 0 radical (unpaired) electrons. The standard InChI is InChI=1S/C15H18FNO4/c1-10(18)21-14(11-4-6-12(16)7-5-11)15(19)17-9-13-3-2-8-20-13/h4-7,13-14H,2-3,8-9H2,1H3,(H,17,19)/t13-,14+/m1/s1. The van der Waals surface area contributed by atoms with E-state index in [0.717, 1.165) is 12.8 Å². The van der Waals surface area contributed by atoms with Gasteiger partial charge in [-0.3, -0.25) is 9.59 Å². The van der Waals surface area contributed by atoms with E-state index in [1.54, 1.807) is 0 Å². The Morgan fingerprint density at radius 1 is 1.43 bits per heavy atom. The SMILES string of the molecule is CC(=O)O[C@H](C(=O)NC[C@H]1CCCO1)c1ccc(F)cc1. The van der Waals surface area contributed by atoms with E-state index >= 15 is 0 Å². The van der Waals surface area contributed by atoms with E-state index in [9.17, 15) is 14.0 Å². The van der Waals surface area contributed by atoms with E-state index in [-0.39, 0.29) is 6.10 Å². The van der Waals surface area contributed by atoms with Gasteiger partial charge in [0.05, 0.1) is 6.10 Å². The molecule has 5 nitrogen and oxygen atoms in total. The number of esters is 1.